The van der Waals surface area contributed by atoms with E-state index in [1.807, 2.05) is 6.92 Å². The Labute approximate surface area is 346 Å². The Balaban J connectivity index is 3.39. The number of carboxylic acid groups (broad SMARTS) is 3. The van der Waals surface area contributed by atoms with Gasteiger partial charge < -0.3 is 53.0 Å². The molecule has 0 aromatic heterocycles. The van der Waals surface area contributed by atoms with Crippen LogP contribution in [0.15, 0.2) is 24.3 Å². The number of nitrogens with one attached hydrogen (secondary N) is 6. The van der Waals surface area contributed by atoms with Gasteiger partial charge in [-0.1, -0.05) is 57.9 Å². The van der Waals surface area contributed by atoms with Crippen molar-refractivity contribution in [1.29, 1.82) is 0 Å². The van der Waals surface area contributed by atoms with E-state index in [4.69, 9.17) is 10.8 Å². The first kappa shape index (κ1) is 51.6. The number of amides is 7. The van der Waals surface area contributed by atoms with Crippen molar-refractivity contribution >= 4 is 65.0 Å². The summed E-state index contributed by atoms with van der Waals surface area (Å²) in [6.45, 7) is 8.42. The molecule has 0 aliphatic heterocycles. The van der Waals surface area contributed by atoms with Gasteiger partial charge in [-0.05, 0) is 50.2 Å². The Bertz CT molecular complexity index is 1750. The molecule has 0 saturated carbocycles. The Morgan fingerprint density at radius 3 is 1.68 bits per heavy atom. The number of ketones is 1. The molecular formula is C39H57N7O14. The van der Waals surface area contributed by atoms with E-state index in [0.29, 0.717) is 24.0 Å². The Hall–Kier alpha value is -6.41. The number of benzene rings is 1. The molecule has 6 atom stereocenters. The van der Waals surface area contributed by atoms with Crippen molar-refractivity contribution in [3.8, 4) is 0 Å². The lowest BCUT2D eigenvalue weighted by Gasteiger charge is -2.27. The number of unbranched alkanes of at least 4 members (excludes halogenated alkanes) is 1. The van der Waals surface area contributed by atoms with E-state index in [0.717, 1.165) is 0 Å². The zero-order valence-corrected chi connectivity index (χ0v) is 34.3. The molecule has 0 spiro atoms. The number of aryl methyl sites for hydroxylation is 1. The second kappa shape index (κ2) is 25.8. The monoisotopic (exact) mass is 847 g/mol. The maximum Gasteiger partial charge on any atom is 0.305 e. The minimum absolute atomic E-state index is 0.0955. The lowest BCUT2D eigenvalue weighted by Crippen LogP contribution is -2.59. The van der Waals surface area contributed by atoms with Gasteiger partial charge in [0.2, 0.25) is 41.2 Å². The van der Waals surface area contributed by atoms with Crippen molar-refractivity contribution in [2.45, 2.75) is 135 Å². The lowest BCUT2D eigenvalue weighted by atomic mass is 9.99. The fourth-order valence-electron chi connectivity index (χ4n) is 5.72. The molecule has 0 aliphatic rings. The maximum absolute atomic E-state index is 13.9. The molecule has 0 fully saturated rings. The van der Waals surface area contributed by atoms with Crippen molar-refractivity contribution in [2.75, 3.05) is 0 Å². The molecule has 0 radical (unpaired) electrons. The molecule has 1 rings (SSSR count). The number of aliphatic carboxylic acids is 3. The number of carbonyl (C=O) groups excluding carboxylic acids is 8. The second-order valence-corrected chi connectivity index (χ2v) is 14.6. The zero-order valence-electron chi connectivity index (χ0n) is 34.3. The molecule has 0 saturated heterocycles. The van der Waals surface area contributed by atoms with Crippen LogP contribution in [-0.2, 0) is 59.2 Å². The maximum atomic E-state index is 13.9. The molecule has 21 heteroatoms. The first-order valence-electron chi connectivity index (χ1n) is 19.4. The van der Waals surface area contributed by atoms with Crippen LogP contribution in [0.3, 0.4) is 0 Å². The van der Waals surface area contributed by atoms with Gasteiger partial charge in [0.05, 0.1) is 18.9 Å². The van der Waals surface area contributed by atoms with Crippen molar-refractivity contribution in [2.24, 2.45) is 11.7 Å². The highest BCUT2D eigenvalue weighted by Crippen LogP contribution is 2.13. The van der Waals surface area contributed by atoms with Crippen LogP contribution < -0.4 is 37.6 Å². The molecule has 0 heterocycles. The normalized spacial score (nSPS) is 13.8. The molecular weight excluding hydrogens is 790 g/mol. The van der Waals surface area contributed by atoms with Gasteiger partial charge in [-0.15, -0.1) is 0 Å². The first-order valence-corrected chi connectivity index (χ1v) is 19.4. The van der Waals surface area contributed by atoms with E-state index in [1.165, 1.54) is 6.92 Å². The summed E-state index contributed by atoms with van der Waals surface area (Å²) < 4.78 is 0. The fourth-order valence-corrected chi connectivity index (χ4v) is 5.72. The Morgan fingerprint density at radius 2 is 1.13 bits per heavy atom. The van der Waals surface area contributed by atoms with Crippen molar-refractivity contribution in [1.82, 2.24) is 31.9 Å². The average molecular weight is 848 g/mol. The number of hydrogen-bond donors (Lipinski definition) is 10. The summed E-state index contributed by atoms with van der Waals surface area (Å²) in [6, 6.07) is -1.97. The smallest absolute Gasteiger partial charge is 0.305 e. The van der Waals surface area contributed by atoms with Gasteiger partial charge >= 0.3 is 17.9 Å². The lowest BCUT2D eigenvalue weighted by molar-refractivity contribution is -0.142. The quantitative estimate of drug-likeness (QED) is 0.0451. The average Bonchev–Trinajstić information content (AvgIpc) is 3.15. The molecule has 332 valence electrons. The first-order chi connectivity index (χ1) is 28.0. The fraction of sp³-hybridized carbons (Fsp3) is 0.564. The topological polar surface area (TPSA) is 347 Å². The van der Waals surface area contributed by atoms with Crippen molar-refractivity contribution in [3.05, 3.63) is 35.4 Å². The van der Waals surface area contributed by atoms with E-state index in [-0.39, 0.29) is 25.2 Å². The summed E-state index contributed by atoms with van der Waals surface area (Å²) in [7, 11) is 0. The van der Waals surface area contributed by atoms with Gasteiger partial charge in [0.1, 0.15) is 30.2 Å². The van der Waals surface area contributed by atoms with Gasteiger partial charge in [-0.2, -0.15) is 0 Å². The summed E-state index contributed by atoms with van der Waals surface area (Å²) in [4.78, 5) is 138. The number of hydrogen-bond acceptors (Lipinski definition) is 11. The third-order valence-electron chi connectivity index (χ3n) is 9.01. The van der Waals surface area contributed by atoms with E-state index in [2.05, 4.69) is 31.9 Å². The number of rotatable bonds is 28. The summed E-state index contributed by atoms with van der Waals surface area (Å²) >= 11 is 0. The molecule has 11 N–H and O–H groups in total. The summed E-state index contributed by atoms with van der Waals surface area (Å²) in [5.74, 6) is -12.4. The van der Waals surface area contributed by atoms with Crippen LogP contribution in [0, 0.1) is 12.8 Å². The molecule has 60 heavy (non-hydrogen) atoms. The zero-order chi connectivity index (χ0) is 45.7. The van der Waals surface area contributed by atoms with E-state index >= 15 is 0 Å². The minimum Gasteiger partial charge on any atom is -0.481 e. The largest absolute Gasteiger partial charge is 0.481 e. The third-order valence-corrected chi connectivity index (χ3v) is 9.01. The van der Waals surface area contributed by atoms with Gasteiger partial charge in [-0.3, -0.25) is 52.7 Å². The van der Waals surface area contributed by atoms with Crippen LogP contribution in [0.25, 0.3) is 0 Å². The van der Waals surface area contributed by atoms with E-state index < -0.39 is 133 Å². The van der Waals surface area contributed by atoms with Crippen molar-refractivity contribution in [3.63, 3.8) is 0 Å². The standard InChI is InChI=1S/C39H57N7O14/c1-6-7-12-24(33(54)34(40)55)43-38(59)26(17-20(2)3)45-35(56)22(5)41-37(58)27(18-23-11-9-8-10-21(23)4)46-36(57)25(13-15-30(48)49)44-39(60)28(19-32(52)53)42-29(47)14-16-31(50)51/h8-11,20,22,24-28H,6-7,12-19H2,1-5H3,(H2,40,55)(H,41,58)(H,42,47)(H,43,59)(H,44,60)(H,45,56)(H,46,57)(H,48,49)(H,50,51)(H,52,53). The molecule has 7 amide bonds. The van der Waals surface area contributed by atoms with Crippen LogP contribution in [0.1, 0.15) is 96.6 Å². The van der Waals surface area contributed by atoms with E-state index in [9.17, 15) is 63.0 Å². The van der Waals surface area contributed by atoms with Crippen LogP contribution in [0.2, 0.25) is 0 Å². The molecule has 1 aromatic rings. The van der Waals surface area contributed by atoms with Gasteiger partial charge in [-0.25, -0.2) is 0 Å². The van der Waals surface area contributed by atoms with Crippen LogP contribution in [0.5, 0.6) is 0 Å². The van der Waals surface area contributed by atoms with E-state index in [1.54, 1.807) is 45.0 Å². The number of nitrogens with two attached hydrogens (primary N) is 1. The van der Waals surface area contributed by atoms with Crippen molar-refractivity contribution < 1.29 is 68.1 Å². The highest BCUT2D eigenvalue weighted by atomic mass is 16.4. The van der Waals surface area contributed by atoms with Crippen LogP contribution >= 0.6 is 0 Å². The number of carboxylic acids is 3. The summed E-state index contributed by atoms with van der Waals surface area (Å²) in [5.41, 5.74) is 6.45. The predicted molar refractivity (Wildman–Crippen MR) is 211 cm³/mol. The van der Waals surface area contributed by atoms with Crippen LogP contribution in [0.4, 0.5) is 0 Å². The molecule has 0 aliphatic carbocycles. The molecule has 0 bridgehead atoms. The number of carbonyl (C=O) groups is 11. The van der Waals surface area contributed by atoms with Gasteiger partial charge in [0.25, 0.3) is 5.91 Å². The molecule has 1 aromatic carbocycles. The predicted octanol–water partition coefficient (Wildman–Crippen LogP) is -1.04. The van der Waals surface area contributed by atoms with Gasteiger partial charge in [0, 0.05) is 19.3 Å². The Morgan fingerprint density at radius 1 is 0.600 bits per heavy atom. The number of Topliss-reactive ketones (excluding diaryl/α,β-unsaturated/α-hetero) is 1. The molecule has 6 unspecified atom stereocenters. The summed E-state index contributed by atoms with van der Waals surface area (Å²) in [6.07, 6.45) is -2.27. The minimum atomic E-state index is -1.80. The molecule has 21 nitrogen and oxygen atoms in total. The second-order valence-electron chi connectivity index (χ2n) is 14.6. The highest BCUT2D eigenvalue weighted by molar-refractivity contribution is 6.37. The SMILES string of the molecule is CCCCC(NC(=O)C(CC(C)C)NC(=O)C(C)NC(=O)C(Cc1ccccc1C)NC(=O)C(CCC(=O)O)NC(=O)C(CC(=O)O)NC(=O)CCC(=O)O)C(=O)C(N)=O. The number of primary amides is 1. The summed E-state index contributed by atoms with van der Waals surface area (Å²) in [5, 5.41) is 41.9. The van der Waals surface area contributed by atoms with Crippen LogP contribution in [-0.4, -0.2) is 117 Å². The van der Waals surface area contributed by atoms with Gasteiger partial charge in [0.15, 0.2) is 0 Å². The highest BCUT2D eigenvalue weighted by Gasteiger charge is 2.34. The Kier molecular flexibility index (Phi) is 22.2. The third kappa shape index (κ3) is 19.4.